The van der Waals surface area contributed by atoms with Gasteiger partial charge in [0.15, 0.2) is 11.5 Å². The molecule has 0 spiro atoms. The first kappa shape index (κ1) is 19.3. The molecule has 0 aromatic heterocycles. The molecule has 1 unspecified atom stereocenters. The van der Waals surface area contributed by atoms with Crippen molar-refractivity contribution in [3.8, 4) is 11.5 Å². The molecule has 25 heavy (non-hydrogen) atoms. The van der Waals surface area contributed by atoms with Gasteiger partial charge in [-0.1, -0.05) is 44.0 Å². The van der Waals surface area contributed by atoms with Gasteiger partial charge in [-0.25, -0.2) is 4.39 Å². The molecule has 0 saturated heterocycles. The monoisotopic (exact) mass is 345 g/mol. The van der Waals surface area contributed by atoms with Crippen LogP contribution in [0.15, 0.2) is 42.5 Å². The smallest absolute Gasteiger partial charge is 0.161 e. The van der Waals surface area contributed by atoms with E-state index in [4.69, 9.17) is 15.2 Å². The molecular weight excluding hydrogens is 317 g/mol. The van der Waals surface area contributed by atoms with E-state index in [1.807, 2.05) is 24.3 Å². The van der Waals surface area contributed by atoms with E-state index in [1.165, 1.54) is 6.07 Å². The second-order valence-electron chi connectivity index (χ2n) is 6.20. The minimum absolute atomic E-state index is 0.0674. The van der Waals surface area contributed by atoms with Crippen molar-refractivity contribution in [3.05, 3.63) is 59.4 Å². The summed E-state index contributed by atoms with van der Waals surface area (Å²) in [6, 6.07) is 12.7. The number of hydrogen-bond acceptors (Lipinski definition) is 3. The van der Waals surface area contributed by atoms with Crippen LogP contribution in [0, 0.1) is 5.82 Å². The van der Waals surface area contributed by atoms with Crippen molar-refractivity contribution in [1.82, 2.24) is 0 Å². The Morgan fingerprint density at radius 2 is 1.88 bits per heavy atom. The summed E-state index contributed by atoms with van der Waals surface area (Å²) in [4.78, 5) is 0. The molecule has 1 atom stereocenters. The first-order valence-electron chi connectivity index (χ1n) is 8.93. The molecule has 2 rings (SSSR count). The van der Waals surface area contributed by atoms with Crippen LogP contribution in [0.2, 0.25) is 0 Å². The fourth-order valence-corrected chi connectivity index (χ4v) is 2.90. The third-order valence-electron chi connectivity index (χ3n) is 4.35. The molecule has 0 saturated carbocycles. The molecule has 4 heteroatoms. The van der Waals surface area contributed by atoms with Gasteiger partial charge in [0.1, 0.15) is 5.82 Å². The van der Waals surface area contributed by atoms with Crippen LogP contribution in [0.1, 0.15) is 43.2 Å². The third kappa shape index (κ3) is 5.46. The predicted molar refractivity (Wildman–Crippen MR) is 99.9 cm³/mol. The predicted octanol–water partition coefficient (Wildman–Crippen LogP) is 4.69. The molecule has 0 radical (unpaired) electrons. The zero-order valence-electron chi connectivity index (χ0n) is 15.1. The summed E-state index contributed by atoms with van der Waals surface area (Å²) in [7, 11) is 1.63. The maximum Gasteiger partial charge on any atom is 0.161 e. The maximum atomic E-state index is 14.0. The Labute approximate surface area is 150 Å². The van der Waals surface area contributed by atoms with E-state index in [1.54, 1.807) is 19.2 Å². The Morgan fingerprint density at radius 1 is 1.08 bits per heavy atom. The third-order valence-corrected chi connectivity index (χ3v) is 4.35. The van der Waals surface area contributed by atoms with Gasteiger partial charge >= 0.3 is 0 Å². The summed E-state index contributed by atoms with van der Waals surface area (Å²) in [6.45, 7) is 3.24. The Morgan fingerprint density at radius 3 is 2.56 bits per heavy atom. The lowest BCUT2D eigenvalue weighted by atomic mass is 9.91. The molecule has 2 aromatic carbocycles. The van der Waals surface area contributed by atoms with Crippen molar-refractivity contribution in [2.45, 2.75) is 38.5 Å². The number of hydrogen-bond donors (Lipinski definition) is 1. The van der Waals surface area contributed by atoms with Crippen molar-refractivity contribution in [1.29, 1.82) is 0 Å². The van der Waals surface area contributed by atoms with E-state index in [9.17, 15) is 4.39 Å². The molecule has 0 aliphatic carbocycles. The molecular formula is C21H28FNO2. The molecule has 3 nitrogen and oxygen atoms in total. The van der Waals surface area contributed by atoms with Gasteiger partial charge in [-0.3, -0.25) is 0 Å². The Bertz CT molecular complexity index is 660. The van der Waals surface area contributed by atoms with Crippen molar-refractivity contribution >= 4 is 0 Å². The number of ether oxygens (including phenoxy) is 2. The Kier molecular flexibility index (Phi) is 7.74. The highest BCUT2D eigenvalue weighted by Gasteiger charge is 2.16. The SMILES string of the molecule is CCCCCOc1ccc(CC(CN)c2ccccc2F)cc1OC. The quantitative estimate of drug-likeness (QED) is 0.636. The summed E-state index contributed by atoms with van der Waals surface area (Å²) < 4.78 is 25.3. The molecule has 0 fully saturated rings. The first-order valence-corrected chi connectivity index (χ1v) is 8.93. The van der Waals surface area contributed by atoms with Gasteiger partial charge in [-0.05, 0) is 48.7 Å². The molecule has 0 aliphatic rings. The molecule has 136 valence electrons. The van der Waals surface area contributed by atoms with Gasteiger partial charge in [0.2, 0.25) is 0 Å². The van der Waals surface area contributed by atoms with Crippen molar-refractivity contribution in [2.24, 2.45) is 5.73 Å². The summed E-state index contributed by atoms with van der Waals surface area (Å²) in [5.41, 5.74) is 7.60. The number of rotatable bonds is 10. The largest absolute Gasteiger partial charge is 0.493 e. The minimum Gasteiger partial charge on any atom is -0.493 e. The Balaban J connectivity index is 2.10. The molecule has 0 heterocycles. The normalized spacial score (nSPS) is 12.0. The van der Waals surface area contributed by atoms with Crippen LogP contribution in [0.25, 0.3) is 0 Å². The zero-order valence-corrected chi connectivity index (χ0v) is 15.1. The highest BCUT2D eigenvalue weighted by Crippen LogP contribution is 2.31. The molecule has 2 N–H and O–H groups in total. The van der Waals surface area contributed by atoms with Gasteiger partial charge < -0.3 is 15.2 Å². The summed E-state index contributed by atoms with van der Waals surface area (Å²) in [5, 5.41) is 0. The number of halogens is 1. The van der Waals surface area contributed by atoms with Crippen LogP contribution in [0.3, 0.4) is 0 Å². The summed E-state index contributed by atoms with van der Waals surface area (Å²) in [5.74, 6) is 1.18. The van der Waals surface area contributed by atoms with E-state index in [0.29, 0.717) is 30.9 Å². The van der Waals surface area contributed by atoms with Gasteiger partial charge in [-0.2, -0.15) is 0 Å². The second kappa shape index (κ2) is 10.0. The number of methoxy groups -OCH3 is 1. The average Bonchev–Trinajstić information content (AvgIpc) is 2.64. The Hall–Kier alpha value is -2.07. The zero-order chi connectivity index (χ0) is 18.1. The van der Waals surface area contributed by atoms with Gasteiger partial charge in [0, 0.05) is 5.92 Å². The minimum atomic E-state index is -0.208. The standard InChI is InChI=1S/C21H28FNO2/c1-3-4-7-12-25-20-11-10-16(14-21(20)24-2)13-17(15-23)18-8-5-6-9-19(18)22/h5-6,8-11,14,17H,3-4,7,12-13,15,23H2,1-2H3. The average molecular weight is 345 g/mol. The van der Waals surface area contributed by atoms with E-state index in [2.05, 4.69) is 6.92 Å². The lowest BCUT2D eigenvalue weighted by Gasteiger charge is -2.17. The summed E-state index contributed by atoms with van der Waals surface area (Å²) in [6.07, 6.45) is 4.00. The molecule has 2 aromatic rings. The van der Waals surface area contributed by atoms with Crippen LogP contribution in [0.4, 0.5) is 4.39 Å². The van der Waals surface area contributed by atoms with Gasteiger partial charge in [0.05, 0.1) is 13.7 Å². The molecule has 0 bridgehead atoms. The number of unbranched alkanes of at least 4 members (excludes halogenated alkanes) is 2. The molecule has 0 aliphatic heterocycles. The van der Waals surface area contributed by atoms with E-state index in [0.717, 1.165) is 30.6 Å². The van der Waals surface area contributed by atoms with E-state index in [-0.39, 0.29) is 11.7 Å². The van der Waals surface area contributed by atoms with E-state index >= 15 is 0 Å². The van der Waals surface area contributed by atoms with Crippen LogP contribution >= 0.6 is 0 Å². The van der Waals surface area contributed by atoms with E-state index < -0.39 is 0 Å². The lowest BCUT2D eigenvalue weighted by Crippen LogP contribution is -2.16. The van der Waals surface area contributed by atoms with Crippen LogP contribution in [-0.4, -0.2) is 20.3 Å². The van der Waals surface area contributed by atoms with Gasteiger partial charge in [0.25, 0.3) is 0 Å². The van der Waals surface area contributed by atoms with Crippen LogP contribution in [-0.2, 0) is 6.42 Å². The maximum absolute atomic E-state index is 14.0. The van der Waals surface area contributed by atoms with Crippen LogP contribution in [0.5, 0.6) is 11.5 Å². The number of nitrogens with two attached hydrogens (primary N) is 1. The number of benzene rings is 2. The first-order chi connectivity index (χ1) is 12.2. The van der Waals surface area contributed by atoms with Crippen molar-refractivity contribution in [2.75, 3.05) is 20.3 Å². The van der Waals surface area contributed by atoms with Crippen molar-refractivity contribution < 1.29 is 13.9 Å². The fraction of sp³-hybridized carbons (Fsp3) is 0.429. The van der Waals surface area contributed by atoms with Gasteiger partial charge in [-0.15, -0.1) is 0 Å². The highest BCUT2D eigenvalue weighted by atomic mass is 19.1. The topological polar surface area (TPSA) is 44.5 Å². The highest BCUT2D eigenvalue weighted by molar-refractivity contribution is 5.43. The fourth-order valence-electron chi connectivity index (χ4n) is 2.90. The summed E-state index contributed by atoms with van der Waals surface area (Å²) >= 11 is 0. The molecule has 0 amide bonds. The van der Waals surface area contributed by atoms with Crippen molar-refractivity contribution in [3.63, 3.8) is 0 Å². The van der Waals surface area contributed by atoms with Crippen LogP contribution < -0.4 is 15.2 Å². The lowest BCUT2D eigenvalue weighted by molar-refractivity contribution is 0.286. The second-order valence-corrected chi connectivity index (χ2v) is 6.20.